The molecule has 23 heavy (non-hydrogen) atoms. The smallest absolute Gasteiger partial charge is 0.243 e. The van der Waals surface area contributed by atoms with Crippen LogP contribution in [0.4, 0.5) is 5.69 Å². The van der Waals surface area contributed by atoms with Gasteiger partial charge in [-0.15, -0.1) is 0 Å². The fourth-order valence-electron chi connectivity index (χ4n) is 2.95. The number of nitrogens with one attached hydrogen (secondary N) is 1. The van der Waals surface area contributed by atoms with Crippen molar-refractivity contribution in [3.8, 4) is 0 Å². The summed E-state index contributed by atoms with van der Waals surface area (Å²) in [7, 11) is 1.74. The number of benzene rings is 2. The van der Waals surface area contributed by atoms with Crippen molar-refractivity contribution in [3.63, 3.8) is 0 Å². The number of para-hydroxylation sites is 1. The number of likely N-dealkylation sites (N-methyl/N-ethyl adjacent to an activating group) is 1. The highest BCUT2D eigenvalue weighted by molar-refractivity contribution is 6.14. The molecule has 0 radical (unpaired) electrons. The van der Waals surface area contributed by atoms with Gasteiger partial charge in [-0.3, -0.25) is 9.59 Å². The van der Waals surface area contributed by atoms with E-state index in [9.17, 15) is 9.59 Å². The van der Waals surface area contributed by atoms with Crippen LogP contribution in [0.1, 0.15) is 28.8 Å². The van der Waals surface area contributed by atoms with Crippen LogP contribution >= 0.6 is 0 Å². The van der Waals surface area contributed by atoms with Crippen molar-refractivity contribution in [1.82, 2.24) is 5.32 Å². The molecule has 1 fully saturated rings. The minimum absolute atomic E-state index is 0.0100. The van der Waals surface area contributed by atoms with Gasteiger partial charge >= 0.3 is 0 Å². The SMILES string of the molecule is CN(C(=O)[C@@H]1CCCN1)c1ccccc1C(=O)c1ccccc1. The maximum atomic E-state index is 12.8. The largest absolute Gasteiger partial charge is 0.313 e. The lowest BCUT2D eigenvalue weighted by molar-refractivity contribution is -0.119. The molecule has 0 unspecified atom stereocenters. The van der Waals surface area contributed by atoms with Crippen LogP contribution < -0.4 is 10.2 Å². The Labute approximate surface area is 136 Å². The summed E-state index contributed by atoms with van der Waals surface area (Å²) in [6, 6.07) is 16.3. The molecule has 1 heterocycles. The third-order valence-electron chi connectivity index (χ3n) is 4.23. The molecule has 1 aliphatic rings. The van der Waals surface area contributed by atoms with E-state index in [1.165, 1.54) is 0 Å². The highest BCUT2D eigenvalue weighted by Gasteiger charge is 2.27. The molecule has 1 amide bonds. The fraction of sp³-hybridized carbons (Fsp3) is 0.263. The molecule has 118 valence electrons. The average molecular weight is 308 g/mol. The Morgan fingerprint density at radius 2 is 1.74 bits per heavy atom. The molecular formula is C19H20N2O2. The molecular weight excluding hydrogens is 288 g/mol. The van der Waals surface area contributed by atoms with Gasteiger partial charge in [-0.25, -0.2) is 0 Å². The zero-order valence-electron chi connectivity index (χ0n) is 13.2. The normalized spacial score (nSPS) is 17.0. The van der Waals surface area contributed by atoms with Crippen LogP contribution in [0.3, 0.4) is 0 Å². The van der Waals surface area contributed by atoms with Crippen LogP contribution in [-0.2, 0) is 4.79 Å². The summed E-state index contributed by atoms with van der Waals surface area (Å²) in [6.07, 6.45) is 1.85. The minimum Gasteiger partial charge on any atom is -0.313 e. The van der Waals surface area contributed by atoms with Crippen LogP contribution in [-0.4, -0.2) is 31.3 Å². The molecule has 2 aromatic carbocycles. The molecule has 0 aromatic heterocycles. The van der Waals surface area contributed by atoms with E-state index in [0.29, 0.717) is 16.8 Å². The van der Waals surface area contributed by atoms with Gasteiger partial charge in [0, 0.05) is 18.2 Å². The van der Waals surface area contributed by atoms with E-state index in [2.05, 4.69) is 5.32 Å². The summed E-state index contributed by atoms with van der Waals surface area (Å²) >= 11 is 0. The van der Waals surface area contributed by atoms with Crippen molar-refractivity contribution in [2.45, 2.75) is 18.9 Å². The third-order valence-corrected chi connectivity index (χ3v) is 4.23. The van der Waals surface area contributed by atoms with Gasteiger partial charge in [0.25, 0.3) is 0 Å². The van der Waals surface area contributed by atoms with Crippen molar-refractivity contribution < 1.29 is 9.59 Å². The van der Waals surface area contributed by atoms with Crippen molar-refractivity contribution in [2.24, 2.45) is 0 Å². The summed E-state index contributed by atoms with van der Waals surface area (Å²) < 4.78 is 0. The highest BCUT2D eigenvalue weighted by Crippen LogP contribution is 2.24. The predicted molar refractivity (Wildman–Crippen MR) is 90.8 cm³/mol. The molecule has 0 spiro atoms. The Hall–Kier alpha value is -2.46. The second kappa shape index (κ2) is 6.75. The van der Waals surface area contributed by atoms with Gasteiger partial charge in [0.05, 0.1) is 11.7 Å². The van der Waals surface area contributed by atoms with Gasteiger partial charge in [0.15, 0.2) is 5.78 Å². The van der Waals surface area contributed by atoms with Crippen LogP contribution in [0.15, 0.2) is 54.6 Å². The molecule has 1 atom stereocenters. The predicted octanol–water partition coefficient (Wildman–Crippen LogP) is 2.63. The van der Waals surface area contributed by atoms with Gasteiger partial charge in [-0.1, -0.05) is 42.5 Å². The Morgan fingerprint density at radius 1 is 1.04 bits per heavy atom. The standard InChI is InChI=1S/C19H20N2O2/c1-21(19(23)16-11-7-13-20-16)17-12-6-5-10-15(17)18(22)14-8-3-2-4-9-14/h2-6,8-10,12,16,20H,7,11,13H2,1H3/t16-/m0/s1. The van der Waals surface area contributed by atoms with Crippen LogP contribution in [0.25, 0.3) is 0 Å². The molecule has 1 saturated heterocycles. The van der Waals surface area contributed by atoms with Gasteiger partial charge in [-0.2, -0.15) is 0 Å². The first-order valence-electron chi connectivity index (χ1n) is 7.88. The van der Waals surface area contributed by atoms with Crippen LogP contribution in [0.2, 0.25) is 0 Å². The zero-order valence-corrected chi connectivity index (χ0v) is 13.2. The molecule has 0 bridgehead atoms. The Bertz CT molecular complexity index is 706. The van der Waals surface area contributed by atoms with E-state index in [1.54, 1.807) is 30.1 Å². The maximum absolute atomic E-state index is 12.8. The van der Waals surface area contributed by atoms with E-state index in [1.807, 2.05) is 36.4 Å². The molecule has 4 nitrogen and oxygen atoms in total. The zero-order chi connectivity index (χ0) is 16.2. The number of carbonyl (C=O) groups excluding carboxylic acids is 2. The second-order valence-corrected chi connectivity index (χ2v) is 5.76. The summed E-state index contributed by atoms with van der Waals surface area (Å²) in [6.45, 7) is 0.870. The number of amides is 1. The van der Waals surface area contributed by atoms with E-state index in [4.69, 9.17) is 0 Å². The van der Waals surface area contributed by atoms with Crippen molar-refractivity contribution in [2.75, 3.05) is 18.5 Å². The number of anilines is 1. The van der Waals surface area contributed by atoms with Crippen LogP contribution in [0, 0.1) is 0 Å². The Balaban J connectivity index is 1.91. The first-order valence-corrected chi connectivity index (χ1v) is 7.88. The molecule has 0 saturated carbocycles. The van der Waals surface area contributed by atoms with E-state index in [0.717, 1.165) is 19.4 Å². The maximum Gasteiger partial charge on any atom is 0.243 e. The van der Waals surface area contributed by atoms with E-state index >= 15 is 0 Å². The molecule has 3 rings (SSSR count). The van der Waals surface area contributed by atoms with Gasteiger partial charge in [-0.05, 0) is 31.5 Å². The monoisotopic (exact) mass is 308 g/mol. The molecule has 4 heteroatoms. The number of hydrogen-bond donors (Lipinski definition) is 1. The lowest BCUT2D eigenvalue weighted by atomic mass is 10.0. The van der Waals surface area contributed by atoms with Crippen LogP contribution in [0.5, 0.6) is 0 Å². The lowest BCUT2D eigenvalue weighted by Crippen LogP contribution is -2.42. The Morgan fingerprint density at radius 3 is 2.43 bits per heavy atom. The molecule has 1 N–H and O–H groups in total. The lowest BCUT2D eigenvalue weighted by Gasteiger charge is -2.23. The quantitative estimate of drug-likeness (QED) is 0.883. The van der Waals surface area contributed by atoms with E-state index in [-0.39, 0.29) is 17.7 Å². The number of rotatable bonds is 4. The first-order chi connectivity index (χ1) is 11.2. The number of ketones is 1. The molecule has 1 aliphatic heterocycles. The minimum atomic E-state index is -0.153. The third kappa shape index (κ3) is 3.17. The molecule has 0 aliphatic carbocycles. The van der Waals surface area contributed by atoms with Crippen molar-refractivity contribution in [3.05, 3.63) is 65.7 Å². The fourth-order valence-corrected chi connectivity index (χ4v) is 2.95. The number of nitrogens with zero attached hydrogens (tertiary/aromatic N) is 1. The summed E-state index contributed by atoms with van der Waals surface area (Å²) in [5, 5.41) is 3.21. The number of carbonyl (C=O) groups is 2. The first kappa shape index (κ1) is 15.4. The second-order valence-electron chi connectivity index (χ2n) is 5.76. The number of hydrogen-bond acceptors (Lipinski definition) is 3. The summed E-state index contributed by atoms with van der Waals surface area (Å²) in [4.78, 5) is 27.0. The van der Waals surface area contributed by atoms with Crippen molar-refractivity contribution >= 4 is 17.4 Å². The topological polar surface area (TPSA) is 49.4 Å². The van der Waals surface area contributed by atoms with Crippen molar-refractivity contribution in [1.29, 1.82) is 0 Å². The van der Waals surface area contributed by atoms with Gasteiger partial charge in [0.2, 0.25) is 5.91 Å². The summed E-state index contributed by atoms with van der Waals surface area (Å²) in [5.41, 5.74) is 1.83. The van der Waals surface area contributed by atoms with E-state index < -0.39 is 0 Å². The highest BCUT2D eigenvalue weighted by atomic mass is 16.2. The average Bonchev–Trinajstić information content (AvgIpc) is 3.15. The Kier molecular flexibility index (Phi) is 4.53. The molecule has 2 aromatic rings. The van der Waals surface area contributed by atoms with Gasteiger partial charge in [0.1, 0.15) is 0 Å². The summed E-state index contributed by atoms with van der Waals surface area (Å²) in [5.74, 6) is -0.0592. The van der Waals surface area contributed by atoms with Gasteiger partial charge < -0.3 is 10.2 Å².